The first-order valence-corrected chi connectivity index (χ1v) is 9.39. The third-order valence-electron chi connectivity index (χ3n) is 8.62. The van der Waals surface area contributed by atoms with Crippen LogP contribution in [0.4, 0.5) is 0 Å². The minimum atomic E-state index is -1.09. The van der Waals surface area contributed by atoms with Crippen molar-refractivity contribution >= 4 is 0 Å². The Morgan fingerprint density at radius 2 is 1.68 bits per heavy atom. The van der Waals surface area contributed by atoms with E-state index in [0.717, 1.165) is 25.2 Å². The van der Waals surface area contributed by atoms with Gasteiger partial charge in [0.15, 0.2) is 0 Å². The predicted molar refractivity (Wildman–Crippen MR) is 85.2 cm³/mol. The molecule has 0 aromatic carbocycles. The minimum Gasteiger partial charge on any atom is -0.393 e. The van der Waals surface area contributed by atoms with Crippen LogP contribution in [0.2, 0.25) is 0 Å². The van der Waals surface area contributed by atoms with E-state index in [2.05, 4.69) is 13.8 Å². The summed E-state index contributed by atoms with van der Waals surface area (Å²) in [5.41, 5.74) is -0.836. The molecule has 4 aliphatic rings. The molecular formula is C19H32O3. The van der Waals surface area contributed by atoms with Crippen molar-refractivity contribution in [2.75, 3.05) is 0 Å². The predicted octanol–water partition coefficient (Wildman–Crippen LogP) is 2.87. The third-order valence-corrected chi connectivity index (χ3v) is 8.62. The van der Waals surface area contributed by atoms with Crippen molar-refractivity contribution in [1.82, 2.24) is 0 Å². The van der Waals surface area contributed by atoms with Gasteiger partial charge in [-0.3, -0.25) is 0 Å². The highest BCUT2D eigenvalue weighted by molar-refractivity contribution is 5.16. The van der Waals surface area contributed by atoms with Crippen molar-refractivity contribution < 1.29 is 15.3 Å². The zero-order valence-corrected chi connectivity index (χ0v) is 14.1. The van der Waals surface area contributed by atoms with Crippen LogP contribution >= 0.6 is 0 Å². The molecule has 22 heavy (non-hydrogen) atoms. The van der Waals surface area contributed by atoms with Crippen molar-refractivity contribution in [3.8, 4) is 0 Å². The van der Waals surface area contributed by atoms with E-state index < -0.39 is 17.8 Å². The molecule has 4 fully saturated rings. The van der Waals surface area contributed by atoms with Crippen molar-refractivity contribution in [3.05, 3.63) is 0 Å². The average Bonchev–Trinajstić information content (AvgIpc) is 2.84. The van der Waals surface area contributed by atoms with E-state index in [4.69, 9.17) is 0 Å². The smallest absolute Gasteiger partial charge is 0.0985 e. The molecule has 0 bridgehead atoms. The summed E-state index contributed by atoms with van der Waals surface area (Å²) in [6.07, 6.45) is 8.06. The summed E-state index contributed by atoms with van der Waals surface area (Å²) in [5.74, 6) is 1.82. The van der Waals surface area contributed by atoms with Gasteiger partial charge < -0.3 is 15.3 Å². The van der Waals surface area contributed by atoms with Gasteiger partial charge in [-0.15, -0.1) is 0 Å². The number of hydrogen-bond donors (Lipinski definition) is 3. The molecule has 4 aliphatic carbocycles. The van der Waals surface area contributed by atoms with Crippen LogP contribution in [0.3, 0.4) is 0 Å². The third kappa shape index (κ3) is 1.79. The van der Waals surface area contributed by atoms with Gasteiger partial charge in [0.2, 0.25) is 0 Å². The Balaban J connectivity index is 1.71. The van der Waals surface area contributed by atoms with Crippen molar-refractivity contribution in [2.45, 2.75) is 89.4 Å². The highest BCUT2D eigenvalue weighted by atomic mass is 16.3. The van der Waals surface area contributed by atoms with E-state index in [9.17, 15) is 15.3 Å². The molecule has 0 heterocycles. The van der Waals surface area contributed by atoms with Crippen molar-refractivity contribution in [1.29, 1.82) is 0 Å². The van der Waals surface area contributed by atoms with Gasteiger partial charge in [0.1, 0.15) is 0 Å². The summed E-state index contributed by atoms with van der Waals surface area (Å²) in [5, 5.41) is 32.2. The summed E-state index contributed by atoms with van der Waals surface area (Å²) in [6.45, 7) is 4.66. The number of hydrogen-bond acceptors (Lipinski definition) is 3. The minimum absolute atomic E-state index is 0.224. The summed E-state index contributed by atoms with van der Waals surface area (Å²) < 4.78 is 0. The van der Waals surface area contributed by atoms with Crippen LogP contribution in [0.5, 0.6) is 0 Å². The fourth-order valence-corrected chi connectivity index (χ4v) is 7.25. The Bertz CT molecular complexity index is 466. The van der Waals surface area contributed by atoms with Gasteiger partial charge in [-0.1, -0.05) is 20.3 Å². The first-order valence-electron chi connectivity index (χ1n) is 9.39. The van der Waals surface area contributed by atoms with Gasteiger partial charge in [0, 0.05) is 11.8 Å². The first kappa shape index (κ1) is 15.4. The monoisotopic (exact) mass is 308 g/mol. The van der Waals surface area contributed by atoms with Gasteiger partial charge in [-0.25, -0.2) is 0 Å². The molecule has 0 spiro atoms. The molecule has 0 unspecified atom stereocenters. The van der Waals surface area contributed by atoms with E-state index in [0.29, 0.717) is 23.7 Å². The fourth-order valence-electron chi connectivity index (χ4n) is 7.25. The number of rotatable bonds is 0. The van der Waals surface area contributed by atoms with E-state index in [1.807, 2.05) is 0 Å². The molecule has 4 saturated carbocycles. The van der Waals surface area contributed by atoms with Gasteiger partial charge >= 0.3 is 0 Å². The normalized spacial score (nSPS) is 61.2. The van der Waals surface area contributed by atoms with Crippen LogP contribution in [-0.2, 0) is 0 Å². The maximum absolute atomic E-state index is 11.3. The first-order chi connectivity index (χ1) is 10.3. The van der Waals surface area contributed by atoms with Crippen LogP contribution in [0.15, 0.2) is 0 Å². The summed E-state index contributed by atoms with van der Waals surface area (Å²) >= 11 is 0. The Morgan fingerprint density at radius 1 is 0.909 bits per heavy atom. The largest absolute Gasteiger partial charge is 0.393 e. The molecule has 3 N–H and O–H groups in total. The lowest BCUT2D eigenvalue weighted by atomic mass is 9.43. The molecule has 126 valence electrons. The molecule has 0 radical (unpaired) electrons. The van der Waals surface area contributed by atoms with Gasteiger partial charge in [-0.05, 0) is 68.1 Å². The van der Waals surface area contributed by atoms with Gasteiger partial charge in [0.25, 0.3) is 0 Å². The maximum atomic E-state index is 11.3. The second-order valence-electron chi connectivity index (χ2n) is 9.45. The van der Waals surface area contributed by atoms with E-state index >= 15 is 0 Å². The highest BCUT2D eigenvalue weighted by Crippen LogP contribution is 2.67. The fraction of sp³-hybridized carbons (Fsp3) is 1.00. The molecule has 0 aromatic rings. The molecule has 0 saturated heterocycles. The molecule has 8 atom stereocenters. The molecule has 0 aliphatic heterocycles. The lowest BCUT2D eigenvalue weighted by molar-refractivity contribution is -0.263. The lowest BCUT2D eigenvalue weighted by Gasteiger charge is -2.65. The molecule has 0 amide bonds. The van der Waals surface area contributed by atoms with Crippen molar-refractivity contribution in [2.24, 2.45) is 28.6 Å². The molecule has 3 nitrogen and oxygen atoms in total. The van der Waals surface area contributed by atoms with Gasteiger partial charge in [-0.2, -0.15) is 0 Å². The molecular weight excluding hydrogens is 276 g/mol. The van der Waals surface area contributed by atoms with Crippen LogP contribution < -0.4 is 0 Å². The zero-order chi connectivity index (χ0) is 15.8. The van der Waals surface area contributed by atoms with Crippen LogP contribution in [0, 0.1) is 28.6 Å². The zero-order valence-electron chi connectivity index (χ0n) is 14.1. The van der Waals surface area contributed by atoms with Crippen molar-refractivity contribution in [3.63, 3.8) is 0 Å². The highest BCUT2D eigenvalue weighted by Gasteiger charge is 2.66. The number of fused-ring (bicyclic) bond motifs is 5. The second-order valence-corrected chi connectivity index (χ2v) is 9.45. The summed E-state index contributed by atoms with van der Waals surface area (Å²) in [6, 6.07) is 0. The Labute approximate surface area is 134 Å². The summed E-state index contributed by atoms with van der Waals surface area (Å²) in [7, 11) is 0. The number of aliphatic hydroxyl groups excluding tert-OH is 2. The lowest BCUT2D eigenvalue weighted by Crippen LogP contribution is -2.68. The molecule has 3 heteroatoms. The molecule has 0 aromatic heterocycles. The SMILES string of the molecule is C[C@]12CCC[C@@H]1[C@@H]1C[C@H](O)[C@@]3(O)C[C@H](O)CC[C@]3(C)[C@H]1CC2. The molecule has 4 rings (SSSR count). The van der Waals surface area contributed by atoms with E-state index in [-0.39, 0.29) is 5.41 Å². The number of aliphatic hydroxyl groups is 3. The summed E-state index contributed by atoms with van der Waals surface area (Å²) in [4.78, 5) is 0. The average molecular weight is 308 g/mol. The Kier molecular flexibility index (Phi) is 3.30. The Hall–Kier alpha value is -0.120. The van der Waals surface area contributed by atoms with E-state index in [1.165, 1.54) is 32.1 Å². The second kappa shape index (κ2) is 4.70. The van der Waals surface area contributed by atoms with E-state index in [1.54, 1.807) is 0 Å². The standard InChI is InChI=1S/C19H32O3/c1-17-7-3-4-14(17)13-10-16(21)19(22)11-12(20)5-9-18(19,2)15(13)6-8-17/h12-16,20-22H,3-11H2,1-2H3/t12-,13+,14-,15+,16+,17-,18-,19+/m1/s1. The van der Waals surface area contributed by atoms with Crippen LogP contribution in [0.1, 0.15) is 71.6 Å². The van der Waals surface area contributed by atoms with Crippen LogP contribution in [-0.4, -0.2) is 33.1 Å². The maximum Gasteiger partial charge on any atom is 0.0985 e. The van der Waals surface area contributed by atoms with Crippen LogP contribution in [0.25, 0.3) is 0 Å². The Morgan fingerprint density at radius 3 is 2.45 bits per heavy atom. The quantitative estimate of drug-likeness (QED) is 0.645. The topological polar surface area (TPSA) is 60.7 Å². The van der Waals surface area contributed by atoms with Gasteiger partial charge in [0.05, 0.1) is 17.8 Å².